The number of furan rings is 1. The standard InChI is InChI=1S/C14H11NO2S/c15-14(16)8-18-9-5-6-13-11(7-9)10-3-1-2-4-12(10)17-13/h1-7H,8H2,(H2,15,16). The van der Waals surface area contributed by atoms with Crippen molar-refractivity contribution < 1.29 is 9.21 Å². The number of primary amides is 1. The number of hydrogen-bond acceptors (Lipinski definition) is 3. The summed E-state index contributed by atoms with van der Waals surface area (Å²) in [6, 6.07) is 13.8. The highest BCUT2D eigenvalue weighted by molar-refractivity contribution is 8.00. The lowest BCUT2D eigenvalue weighted by molar-refractivity contribution is -0.115. The highest BCUT2D eigenvalue weighted by atomic mass is 32.2. The maximum Gasteiger partial charge on any atom is 0.227 e. The molecule has 0 aliphatic carbocycles. The normalized spacial score (nSPS) is 11.1. The average Bonchev–Trinajstić information content (AvgIpc) is 2.74. The van der Waals surface area contributed by atoms with Crippen molar-refractivity contribution in [2.45, 2.75) is 4.90 Å². The molecule has 1 amide bonds. The first-order valence-corrected chi connectivity index (χ1v) is 6.55. The Kier molecular flexibility index (Phi) is 2.72. The van der Waals surface area contributed by atoms with Gasteiger partial charge in [0.15, 0.2) is 0 Å². The van der Waals surface area contributed by atoms with Gasteiger partial charge in [-0.05, 0) is 24.3 Å². The fourth-order valence-corrected chi connectivity index (χ4v) is 2.62. The highest BCUT2D eigenvalue weighted by Gasteiger charge is 2.07. The van der Waals surface area contributed by atoms with Crippen LogP contribution in [0.2, 0.25) is 0 Å². The molecular formula is C14H11NO2S. The molecule has 0 fully saturated rings. The quantitative estimate of drug-likeness (QED) is 0.733. The van der Waals surface area contributed by atoms with Crippen LogP contribution in [-0.2, 0) is 4.79 Å². The number of nitrogens with two attached hydrogens (primary N) is 1. The average molecular weight is 257 g/mol. The third-order valence-electron chi connectivity index (χ3n) is 2.73. The Morgan fingerprint density at radius 3 is 2.72 bits per heavy atom. The van der Waals surface area contributed by atoms with Crippen molar-refractivity contribution >= 4 is 39.6 Å². The van der Waals surface area contributed by atoms with E-state index in [0.717, 1.165) is 26.8 Å². The van der Waals surface area contributed by atoms with Crippen molar-refractivity contribution in [2.24, 2.45) is 5.73 Å². The minimum Gasteiger partial charge on any atom is -0.456 e. The monoisotopic (exact) mass is 257 g/mol. The molecule has 0 aliphatic heterocycles. The first kappa shape index (κ1) is 11.2. The summed E-state index contributed by atoms with van der Waals surface area (Å²) < 4.78 is 5.73. The van der Waals surface area contributed by atoms with Crippen LogP contribution in [0, 0.1) is 0 Å². The molecule has 1 heterocycles. The van der Waals surface area contributed by atoms with E-state index in [-0.39, 0.29) is 5.91 Å². The van der Waals surface area contributed by atoms with Crippen LogP contribution in [-0.4, -0.2) is 11.7 Å². The van der Waals surface area contributed by atoms with E-state index >= 15 is 0 Å². The van der Waals surface area contributed by atoms with Crippen LogP contribution < -0.4 is 5.73 Å². The summed E-state index contributed by atoms with van der Waals surface area (Å²) in [7, 11) is 0. The minimum absolute atomic E-state index is 0.293. The van der Waals surface area contributed by atoms with E-state index in [1.165, 1.54) is 11.8 Å². The lowest BCUT2D eigenvalue weighted by Crippen LogP contribution is -2.12. The molecule has 3 nitrogen and oxygen atoms in total. The molecule has 0 bridgehead atoms. The van der Waals surface area contributed by atoms with E-state index in [1.807, 2.05) is 42.5 Å². The van der Waals surface area contributed by atoms with Crippen LogP contribution in [0.25, 0.3) is 21.9 Å². The Morgan fingerprint density at radius 1 is 1.11 bits per heavy atom. The SMILES string of the molecule is NC(=O)CSc1ccc2oc3ccccc3c2c1. The number of fused-ring (bicyclic) bond motifs is 3. The molecule has 0 radical (unpaired) electrons. The third-order valence-corrected chi connectivity index (χ3v) is 3.75. The third kappa shape index (κ3) is 1.95. The predicted octanol–water partition coefficient (Wildman–Crippen LogP) is 3.16. The van der Waals surface area contributed by atoms with Gasteiger partial charge in [-0.1, -0.05) is 18.2 Å². The molecule has 18 heavy (non-hydrogen) atoms. The zero-order chi connectivity index (χ0) is 12.5. The van der Waals surface area contributed by atoms with Gasteiger partial charge in [-0.25, -0.2) is 0 Å². The Morgan fingerprint density at radius 2 is 1.89 bits per heavy atom. The van der Waals surface area contributed by atoms with Gasteiger partial charge in [-0.2, -0.15) is 0 Å². The molecule has 0 spiro atoms. The summed E-state index contributed by atoms with van der Waals surface area (Å²) in [6.45, 7) is 0. The maximum absolute atomic E-state index is 10.8. The lowest BCUT2D eigenvalue weighted by Gasteiger charge is -1.98. The van der Waals surface area contributed by atoms with Crippen molar-refractivity contribution in [3.05, 3.63) is 42.5 Å². The molecule has 3 aromatic rings. The fraction of sp³-hybridized carbons (Fsp3) is 0.0714. The molecule has 2 N–H and O–H groups in total. The van der Waals surface area contributed by atoms with Gasteiger partial charge in [0.05, 0.1) is 5.75 Å². The summed E-state index contributed by atoms with van der Waals surface area (Å²) in [4.78, 5) is 11.8. The van der Waals surface area contributed by atoms with Gasteiger partial charge in [-0.3, -0.25) is 4.79 Å². The van der Waals surface area contributed by atoms with E-state index in [2.05, 4.69) is 0 Å². The van der Waals surface area contributed by atoms with Crippen LogP contribution in [0.1, 0.15) is 0 Å². The fourth-order valence-electron chi connectivity index (χ4n) is 1.95. The van der Waals surface area contributed by atoms with Crippen LogP contribution in [0.15, 0.2) is 51.8 Å². The Hall–Kier alpha value is -1.94. The number of thioether (sulfide) groups is 1. The van der Waals surface area contributed by atoms with Crippen molar-refractivity contribution in [3.8, 4) is 0 Å². The first-order chi connectivity index (χ1) is 8.74. The Bertz CT molecular complexity index is 733. The predicted molar refractivity (Wildman–Crippen MR) is 73.6 cm³/mol. The second-order valence-corrected chi connectivity index (χ2v) is 5.06. The molecule has 0 saturated carbocycles. The van der Waals surface area contributed by atoms with Gasteiger partial charge < -0.3 is 10.2 Å². The second kappa shape index (κ2) is 4.38. The summed E-state index contributed by atoms with van der Waals surface area (Å²) in [5.74, 6) is -0.0152. The Labute approximate surface area is 108 Å². The van der Waals surface area contributed by atoms with Crippen molar-refractivity contribution in [1.82, 2.24) is 0 Å². The van der Waals surface area contributed by atoms with Gasteiger partial charge in [0.2, 0.25) is 5.91 Å². The van der Waals surface area contributed by atoms with Gasteiger partial charge in [-0.15, -0.1) is 11.8 Å². The summed E-state index contributed by atoms with van der Waals surface area (Å²) in [6.07, 6.45) is 0. The number of hydrogen-bond donors (Lipinski definition) is 1. The number of para-hydroxylation sites is 1. The van der Waals surface area contributed by atoms with Gasteiger partial charge in [0.25, 0.3) is 0 Å². The first-order valence-electron chi connectivity index (χ1n) is 5.56. The number of carbonyl (C=O) groups is 1. The zero-order valence-electron chi connectivity index (χ0n) is 9.55. The van der Waals surface area contributed by atoms with Crippen molar-refractivity contribution in [3.63, 3.8) is 0 Å². The summed E-state index contributed by atoms with van der Waals surface area (Å²) in [5, 5.41) is 2.16. The van der Waals surface area contributed by atoms with Crippen LogP contribution in [0.4, 0.5) is 0 Å². The van der Waals surface area contributed by atoms with Crippen LogP contribution in [0.3, 0.4) is 0 Å². The highest BCUT2D eigenvalue weighted by Crippen LogP contribution is 2.31. The van der Waals surface area contributed by atoms with E-state index < -0.39 is 0 Å². The molecule has 90 valence electrons. The van der Waals surface area contributed by atoms with Crippen LogP contribution >= 0.6 is 11.8 Å². The smallest absolute Gasteiger partial charge is 0.227 e. The lowest BCUT2D eigenvalue weighted by atomic mass is 10.1. The largest absolute Gasteiger partial charge is 0.456 e. The van der Waals surface area contributed by atoms with Gasteiger partial charge in [0.1, 0.15) is 11.2 Å². The molecule has 0 atom stereocenters. The van der Waals surface area contributed by atoms with E-state index in [0.29, 0.717) is 5.75 Å². The van der Waals surface area contributed by atoms with Gasteiger partial charge in [0, 0.05) is 15.7 Å². The molecule has 2 aromatic carbocycles. The Balaban J connectivity index is 2.09. The molecule has 0 saturated heterocycles. The number of rotatable bonds is 3. The number of amides is 1. The van der Waals surface area contributed by atoms with Crippen molar-refractivity contribution in [1.29, 1.82) is 0 Å². The van der Waals surface area contributed by atoms with E-state index in [9.17, 15) is 4.79 Å². The second-order valence-electron chi connectivity index (χ2n) is 4.01. The molecule has 3 rings (SSSR count). The molecule has 1 aromatic heterocycles. The molecular weight excluding hydrogens is 246 g/mol. The van der Waals surface area contributed by atoms with Gasteiger partial charge >= 0.3 is 0 Å². The topological polar surface area (TPSA) is 56.2 Å². The number of carbonyl (C=O) groups excluding carboxylic acids is 1. The number of benzene rings is 2. The van der Waals surface area contributed by atoms with E-state index in [4.69, 9.17) is 10.2 Å². The molecule has 0 unspecified atom stereocenters. The molecule has 0 aliphatic rings. The summed E-state index contributed by atoms with van der Waals surface area (Å²) in [5.41, 5.74) is 6.89. The van der Waals surface area contributed by atoms with Crippen molar-refractivity contribution in [2.75, 3.05) is 5.75 Å². The summed E-state index contributed by atoms with van der Waals surface area (Å²) >= 11 is 1.44. The molecule has 4 heteroatoms. The maximum atomic E-state index is 10.8. The minimum atomic E-state index is -0.308. The van der Waals surface area contributed by atoms with Crippen LogP contribution in [0.5, 0.6) is 0 Å². The zero-order valence-corrected chi connectivity index (χ0v) is 10.4. The van der Waals surface area contributed by atoms with E-state index in [1.54, 1.807) is 0 Å².